The van der Waals surface area contributed by atoms with E-state index in [0.717, 1.165) is 28.0 Å². The Morgan fingerprint density at radius 2 is 1.65 bits per heavy atom. The number of fused-ring (bicyclic) bond motifs is 2. The average molecular weight is 409 g/mol. The van der Waals surface area contributed by atoms with Crippen molar-refractivity contribution in [3.8, 4) is 17.1 Å². The van der Waals surface area contributed by atoms with Crippen LogP contribution in [0.3, 0.4) is 0 Å². The highest BCUT2D eigenvalue weighted by atomic mass is 16.5. The van der Waals surface area contributed by atoms with E-state index in [0.29, 0.717) is 28.3 Å². The Morgan fingerprint density at radius 3 is 2.39 bits per heavy atom. The number of para-hydroxylation sites is 2. The van der Waals surface area contributed by atoms with Crippen LogP contribution in [0.2, 0.25) is 0 Å². The molecule has 0 saturated carbocycles. The van der Waals surface area contributed by atoms with Gasteiger partial charge in [0.25, 0.3) is 0 Å². The average Bonchev–Trinajstić information content (AvgIpc) is 2.80. The van der Waals surface area contributed by atoms with Crippen molar-refractivity contribution in [2.45, 2.75) is 6.92 Å². The van der Waals surface area contributed by atoms with E-state index >= 15 is 0 Å². The molecule has 0 radical (unpaired) electrons. The number of aromatic nitrogens is 2. The number of aryl methyl sites for hydroxylation is 1. The van der Waals surface area contributed by atoms with Gasteiger partial charge in [0.15, 0.2) is 11.2 Å². The SMILES string of the molecule is COc1ccc2oc(-c3ccc(Nc4nc5ccccc5nc4C)cc3)cc(=O)c2c1. The van der Waals surface area contributed by atoms with Gasteiger partial charge >= 0.3 is 0 Å². The molecule has 2 heterocycles. The molecule has 0 unspecified atom stereocenters. The van der Waals surface area contributed by atoms with Crippen LogP contribution in [-0.2, 0) is 0 Å². The second-order valence-electron chi connectivity index (χ2n) is 7.19. The summed E-state index contributed by atoms with van der Waals surface area (Å²) in [6.45, 7) is 1.93. The number of nitrogens with one attached hydrogen (secondary N) is 1. The molecule has 0 bridgehead atoms. The Balaban J connectivity index is 1.45. The summed E-state index contributed by atoms with van der Waals surface area (Å²) in [5.41, 5.74) is 4.60. The van der Waals surface area contributed by atoms with Crippen LogP contribution in [0.25, 0.3) is 33.3 Å². The number of hydrogen-bond donors (Lipinski definition) is 1. The number of rotatable bonds is 4. The van der Waals surface area contributed by atoms with Crippen molar-refractivity contribution in [3.05, 3.63) is 88.7 Å². The number of nitrogens with zero attached hydrogens (tertiary/aromatic N) is 2. The lowest BCUT2D eigenvalue weighted by atomic mass is 10.1. The topological polar surface area (TPSA) is 77.2 Å². The summed E-state index contributed by atoms with van der Waals surface area (Å²) in [4.78, 5) is 21.8. The van der Waals surface area contributed by atoms with Gasteiger partial charge in [0.2, 0.25) is 0 Å². The largest absolute Gasteiger partial charge is 0.497 e. The normalized spacial score (nSPS) is 11.0. The number of ether oxygens (including phenoxy) is 1. The minimum atomic E-state index is -0.112. The minimum Gasteiger partial charge on any atom is -0.497 e. The van der Waals surface area contributed by atoms with E-state index in [4.69, 9.17) is 9.15 Å². The van der Waals surface area contributed by atoms with E-state index in [1.165, 1.54) is 6.07 Å². The Hall–Kier alpha value is -4.19. The fraction of sp³-hybridized carbons (Fsp3) is 0.0800. The van der Waals surface area contributed by atoms with E-state index in [9.17, 15) is 4.79 Å². The van der Waals surface area contributed by atoms with Crippen LogP contribution >= 0.6 is 0 Å². The molecule has 152 valence electrons. The van der Waals surface area contributed by atoms with Gasteiger partial charge in [0.1, 0.15) is 17.1 Å². The maximum atomic E-state index is 12.6. The highest BCUT2D eigenvalue weighted by Crippen LogP contribution is 2.27. The maximum Gasteiger partial charge on any atom is 0.193 e. The third-order valence-electron chi connectivity index (χ3n) is 5.11. The number of benzene rings is 3. The van der Waals surface area contributed by atoms with Gasteiger partial charge < -0.3 is 14.5 Å². The van der Waals surface area contributed by atoms with E-state index in [1.54, 1.807) is 25.3 Å². The smallest absolute Gasteiger partial charge is 0.193 e. The molecule has 5 rings (SSSR count). The molecular formula is C25H19N3O3. The van der Waals surface area contributed by atoms with Crippen LogP contribution < -0.4 is 15.5 Å². The summed E-state index contributed by atoms with van der Waals surface area (Å²) in [5.74, 6) is 1.84. The number of methoxy groups -OCH3 is 1. The minimum absolute atomic E-state index is 0.112. The molecule has 31 heavy (non-hydrogen) atoms. The third kappa shape index (κ3) is 3.59. The quantitative estimate of drug-likeness (QED) is 0.424. The van der Waals surface area contributed by atoms with Gasteiger partial charge in [-0.2, -0.15) is 0 Å². The fourth-order valence-electron chi connectivity index (χ4n) is 3.47. The number of hydrogen-bond acceptors (Lipinski definition) is 6. The second kappa shape index (κ2) is 7.57. The van der Waals surface area contributed by atoms with Gasteiger partial charge in [-0.3, -0.25) is 4.79 Å². The molecule has 5 aromatic rings. The summed E-state index contributed by atoms with van der Waals surface area (Å²) >= 11 is 0. The second-order valence-corrected chi connectivity index (χ2v) is 7.19. The standard InChI is InChI=1S/C25H19N3O3/c1-15-25(28-21-6-4-3-5-20(21)26-15)27-17-9-7-16(8-10-17)24-14-22(29)19-13-18(30-2)11-12-23(19)31-24/h3-14H,1-2H3,(H,27,28). The lowest BCUT2D eigenvalue weighted by Crippen LogP contribution is -2.01. The first-order valence-corrected chi connectivity index (χ1v) is 9.83. The molecule has 6 nitrogen and oxygen atoms in total. The summed E-state index contributed by atoms with van der Waals surface area (Å²) in [6.07, 6.45) is 0. The molecule has 0 aliphatic carbocycles. The molecule has 6 heteroatoms. The van der Waals surface area contributed by atoms with Crippen LogP contribution in [0, 0.1) is 6.92 Å². The molecule has 0 fully saturated rings. The van der Waals surface area contributed by atoms with Crippen molar-refractivity contribution in [3.63, 3.8) is 0 Å². The zero-order valence-corrected chi connectivity index (χ0v) is 17.0. The lowest BCUT2D eigenvalue weighted by Gasteiger charge is -2.10. The maximum absolute atomic E-state index is 12.6. The Bertz CT molecular complexity index is 1470. The summed E-state index contributed by atoms with van der Waals surface area (Å²) in [7, 11) is 1.57. The fourth-order valence-corrected chi connectivity index (χ4v) is 3.47. The highest BCUT2D eigenvalue weighted by molar-refractivity contribution is 5.81. The summed E-state index contributed by atoms with van der Waals surface area (Å²) in [5, 5.41) is 3.81. The predicted molar refractivity (Wildman–Crippen MR) is 122 cm³/mol. The molecular weight excluding hydrogens is 390 g/mol. The molecule has 0 aliphatic heterocycles. The van der Waals surface area contributed by atoms with Crippen LogP contribution in [0.1, 0.15) is 5.69 Å². The van der Waals surface area contributed by atoms with E-state index in [-0.39, 0.29) is 5.43 Å². The predicted octanol–water partition coefficient (Wildman–Crippen LogP) is 5.46. The van der Waals surface area contributed by atoms with E-state index in [2.05, 4.69) is 15.3 Å². The number of anilines is 2. The first kappa shape index (κ1) is 18.8. The zero-order valence-electron chi connectivity index (χ0n) is 17.0. The highest BCUT2D eigenvalue weighted by Gasteiger charge is 2.09. The third-order valence-corrected chi connectivity index (χ3v) is 5.11. The molecule has 0 amide bonds. The zero-order chi connectivity index (χ0) is 21.4. The molecule has 0 saturated heterocycles. The van der Waals surface area contributed by atoms with Gasteiger partial charge in [-0.1, -0.05) is 12.1 Å². The van der Waals surface area contributed by atoms with Gasteiger partial charge in [-0.25, -0.2) is 9.97 Å². The van der Waals surface area contributed by atoms with Crippen LogP contribution in [0.5, 0.6) is 5.75 Å². The van der Waals surface area contributed by atoms with Crippen molar-refractivity contribution >= 4 is 33.5 Å². The first-order valence-electron chi connectivity index (χ1n) is 9.83. The van der Waals surface area contributed by atoms with Crippen LogP contribution in [0.4, 0.5) is 11.5 Å². The Labute approximate surface area is 178 Å². The molecule has 0 atom stereocenters. The molecule has 3 aromatic carbocycles. The Kier molecular flexibility index (Phi) is 4.59. The van der Waals surface area contributed by atoms with Crippen molar-refractivity contribution < 1.29 is 9.15 Å². The molecule has 0 spiro atoms. The summed E-state index contributed by atoms with van der Waals surface area (Å²) < 4.78 is 11.1. The lowest BCUT2D eigenvalue weighted by molar-refractivity contribution is 0.415. The van der Waals surface area contributed by atoms with Crippen LogP contribution in [0.15, 0.2) is 82.0 Å². The van der Waals surface area contributed by atoms with Gasteiger partial charge in [-0.15, -0.1) is 0 Å². The first-order chi connectivity index (χ1) is 15.1. The monoisotopic (exact) mass is 409 g/mol. The van der Waals surface area contributed by atoms with Crippen molar-refractivity contribution in [1.82, 2.24) is 9.97 Å². The van der Waals surface area contributed by atoms with E-state index < -0.39 is 0 Å². The van der Waals surface area contributed by atoms with E-state index in [1.807, 2.05) is 55.5 Å². The van der Waals surface area contributed by atoms with Gasteiger partial charge in [0.05, 0.1) is 29.2 Å². The van der Waals surface area contributed by atoms with Crippen molar-refractivity contribution in [1.29, 1.82) is 0 Å². The van der Waals surface area contributed by atoms with Gasteiger partial charge in [0, 0.05) is 17.3 Å². The Morgan fingerprint density at radius 1 is 0.903 bits per heavy atom. The molecule has 0 aliphatic rings. The summed E-state index contributed by atoms with van der Waals surface area (Å²) in [6, 6.07) is 22.1. The molecule has 1 N–H and O–H groups in total. The van der Waals surface area contributed by atoms with Crippen molar-refractivity contribution in [2.75, 3.05) is 12.4 Å². The molecule has 2 aromatic heterocycles. The van der Waals surface area contributed by atoms with Crippen molar-refractivity contribution in [2.24, 2.45) is 0 Å². The van der Waals surface area contributed by atoms with Gasteiger partial charge in [-0.05, 0) is 61.5 Å². The van der Waals surface area contributed by atoms with Crippen LogP contribution in [-0.4, -0.2) is 17.1 Å².